The van der Waals surface area contributed by atoms with E-state index in [1.807, 2.05) is 43.4 Å². The average molecular weight is 400 g/mol. The van der Waals surface area contributed by atoms with Gasteiger partial charge in [-0.3, -0.25) is 14.6 Å². The molecule has 0 aliphatic carbocycles. The van der Waals surface area contributed by atoms with Crippen LogP contribution in [0.1, 0.15) is 17.5 Å². The molecule has 156 valence electrons. The zero-order valence-corrected chi connectivity index (χ0v) is 17.3. The van der Waals surface area contributed by atoms with Crippen LogP contribution >= 0.6 is 0 Å². The van der Waals surface area contributed by atoms with E-state index in [1.165, 1.54) is 12.1 Å². The third kappa shape index (κ3) is 6.27. The maximum Gasteiger partial charge on any atom is 0.236 e. The summed E-state index contributed by atoms with van der Waals surface area (Å²) in [4.78, 5) is 19.1. The first-order chi connectivity index (χ1) is 14.0. The molecule has 1 saturated heterocycles. The Morgan fingerprint density at radius 3 is 2.48 bits per heavy atom. The number of halogens is 1. The number of methoxy groups -OCH3 is 1. The molecule has 0 saturated carbocycles. The number of nitrogens with zero attached hydrogens (tertiary/aromatic N) is 3. The van der Waals surface area contributed by atoms with Gasteiger partial charge < -0.3 is 9.64 Å². The van der Waals surface area contributed by atoms with E-state index < -0.39 is 0 Å². The van der Waals surface area contributed by atoms with Gasteiger partial charge in [0.2, 0.25) is 5.91 Å². The summed E-state index contributed by atoms with van der Waals surface area (Å²) in [5.74, 6) is 0.716. The minimum atomic E-state index is -0.202. The minimum Gasteiger partial charge on any atom is -0.496 e. The molecule has 0 atom stereocenters. The van der Waals surface area contributed by atoms with Gasteiger partial charge in [-0.15, -0.1) is 0 Å². The van der Waals surface area contributed by atoms with Gasteiger partial charge in [0, 0.05) is 38.8 Å². The number of likely N-dealkylation sites (N-methyl/N-ethyl adjacent to an activating group) is 1. The van der Waals surface area contributed by atoms with E-state index in [1.54, 1.807) is 12.0 Å². The van der Waals surface area contributed by atoms with Crippen LogP contribution in [0.15, 0.2) is 48.5 Å². The molecule has 1 amide bonds. The van der Waals surface area contributed by atoms with Crippen LogP contribution in [0.25, 0.3) is 0 Å². The summed E-state index contributed by atoms with van der Waals surface area (Å²) < 4.78 is 18.5. The van der Waals surface area contributed by atoms with Gasteiger partial charge in [0.15, 0.2) is 0 Å². The topological polar surface area (TPSA) is 36.0 Å². The predicted molar refractivity (Wildman–Crippen MR) is 112 cm³/mol. The highest BCUT2D eigenvalue weighted by Crippen LogP contribution is 2.19. The molecule has 1 heterocycles. The van der Waals surface area contributed by atoms with Gasteiger partial charge in [0.1, 0.15) is 11.6 Å². The Kier molecular flexibility index (Phi) is 7.61. The number of rotatable bonds is 7. The number of benzene rings is 2. The van der Waals surface area contributed by atoms with Crippen molar-refractivity contribution in [2.75, 3.05) is 46.9 Å². The number of para-hydroxylation sites is 1. The summed E-state index contributed by atoms with van der Waals surface area (Å²) in [5.41, 5.74) is 2.12. The molecule has 2 aromatic carbocycles. The van der Waals surface area contributed by atoms with Crippen LogP contribution in [-0.2, 0) is 17.9 Å². The molecule has 29 heavy (non-hydrogen) atoms. The standard InChI is InChI=1S/C23H30FN3O2/c1-25(17-20-6-3-4-7-22(20)29-2)23(28)18-27-13-5-12-26(14-15-27)16-19-8-10-21(24)11-9-19/h3-4,6-11H,5,12-18H2,1-2H3. The highest BCUT2D eigenvalue weighted by Gasteiger charge is 2.19. The number of amides is 1. The highest BCUT2D eigenvalue weighted by molar-refractivity contribution is 5.78. The van der Waals surface area contributed by atoms with Gasteiger partial charge in [-0.2, -0.15) is 0 Å². The van der Waals surface area contributed by atoms with E-state index in [9.17, 15) is 9.18 Å². The lowest BCUT2D eigenvalue weighted by molar-refractivity contribution is -0.131. The third-order valence-electron chi connectivity index (χ3n) is 5.39. The molecule has 0 unspecified atom stereocenters. The van der Waals surface area contributed by atoms with Gasteiger partial charge in [-0.05, 0) is 43.3 Å². The molecule has 1 aliphatic heterocycles. The smallest absolute Gasteiger partial charge is 0.236 e. The minimum absolute atomic E-state index is 0.114. The van der Waals surface area contributed by atoms with Gasteiger partial charge in [-0.25, -0.2) is 4.39 Å². The van der Waals surface area contributed by atoms with E-state index in [2.05, 4.69) is 9.80 Å². The Morgan fingerprint density at radius 2 is 1.72 bits per heavy atom. The molecule has 0 N–H and O–H groups in total. The summed E-state index contributed by atoms with van der Waals surface area (Å²) in [5, 5.41) is 0. The molecule has 2 aromatic rings. The molecule has 1 aliphatic rings. The Hall–Kier alpha value is -2.44. The summed E-state index contributed by atoms with van der Waals surface area (Å²) in [6.45, 7) is 5.43. The van der Waals surface area contributed by atoms with Crippen molar-refractivity contribution in [3.05, 3.63) is 65.5 Å². The largest absolute Gasteiger partial charge is 0.496 e. The normalized spacial score (nSPS) is 15.7. The van der Waals surface area contributed by atoms with E-state index in [0.29, 0.717) is 13.1 Å². The first-order valence-electron chi connectivity index (χ1n) is 10.1. The zero-order chi connectivity index (χ0) is 20.6. The first kappa shape index (κ1) is 21.3. The van der Waals surface area contributed by atoms with Crippen molar-refractivity contribution in [3.63, 3.8) is 0 Å². The maximum absolute atomic E-state index is 13.1. The Labute approximate surface area is 172 Å². The fourth-order valence-electron chi connectivity index (χ4n) is 3.68. The fraction of sp³-hybridized carbons (Fsp3) is 0.435. The lowest BCUT2D eigenvalue weighted by atomic mass is 10.2. The van der Waals surface area contributed by atoms with Crippen LogP contribution in [0.5, 0.6) is 5.75 Å². The average Bonchev–Trinajstić information content (AvgIpc) is 2.95. The second-order valence-corrected chi connectivity index (χ2v) is 7.59. The lowest BCUT2D eigenvalue weighted by Crippen LogP contribution is -2.39. The van der Waals surface area contributed by atoms with Crippen molar-refractivity contribution >= 4 is 5.91 Å². The molecular weight excluding hydrogens is 369 g/mol. The molecule has 3 rings (SSSR count). The third-order valence-corrected chi connectivity index (χ3v) is 5.39. The number of ether oxygens (including phenoxy) is 1. The van der Waals surface area contributed by atoms with Crippen LogP contribution in [0.3, 0.4) is 0 Å². The molecular formula is C23H30FN3O2. The summed E-state index contributed by atoms with van der Waals surface area (Å²) in [6.07, 6.45) is 1.02. The zero-order valence-electron chi connectivity index (χ0n) is 17.3. The maximum atomic E-state index is 13.1. The molecule has 5 nitrogen and oxygen atoms in total. The number of hydrogen-bond donors (Lipinski definition) is 0. The lowest BCUT2D eigenvalue weighted by Gasteiger charge is -2.24. The van der Waals surface area contributed by atoms with Crippen molar-refractivity contribution in [2.45, 2.75) is 19.5 Å². The monoisotopic (exact) mass is 399 g/mol. The van der Waals surface area contributed by atoms with Crippen molar-refractivity contribution in [1.29, 1.82) is 0 Å². The molecule has 1 fully saturated rings. The van der Waals surface area contributed by atoms with Crippen molar-refractivity contribution in [2.24, 2.45) is 0 Å². The summed E-state index contributed by atoms with van der Waals surface area (Å²) in [6, 6.07) is 14.5. The summed E-state index contributed by atoms with van der Waals surface area (Å²) in [7, 11) is 3.49. The van der Waals surface area contributed by atoms with Gasteiger partial charge in [-0.1, -0.05) is 30.3 Å². The number of carbonyl (C=O) groups excluding carboxylic acids is 1. The van der Waals surface area contributed by atoms with E-state index in [-0.39, 0.29) is 11.7 Å². The van der Waals surface area contributed by atoms with Gasteiger partial charge in [0.05, 0.1) is 13.7 Å². The highest BCUT2D eigenvalue weighted by atomic mass is 19.1. The van der Waals surface area contributed by atoms with E-state index in [0.717, 1.165) is 56.0 Å². The Bertz CT molecular complexity index is 797. The van der Waals surface area contributed by atoms with E-state index in [4.69, 9.17) is 4.74 Å². The molecule has 0 radical (unpaired) electrons. The SMILES string of the molecule is COc1ccccc1CN(C)C(=O)CN1CCCN(Cc2ccc(F)cc2)CC1. The fourth-order valence-corrected chi connectivity index (χ4v) is 3.68. The van der Waals surface area contributed by atoms with E-state index >= 15 is 0 Å². The first-order valence-corrected chi connectivity index (χ1v) is 10.1. The molecule has 0 aromatic heterocycles. The van der Waals surface area contributed by atoms with Crippen LogP contribution in [-0.4, -0.2) is 67.5 Å². The quantitative estimate of drug-likeness (QED) is 0.717. The Balaban J connectivity index is 1.48. The summed E-state index contributed by atoms with van der Waals surface area (Å²) >= 11 is 0. The number of hydrogen-bond acceptors (Lipinski definition) is 4. The van der Waals surface area contributed by atoms with Crippen LogP contribution in [0, 0.1) is 5.82 Å². The van der Waals surface area contributed by atoms with Gasteiger partial charge >= 0.3 is 0 Å². The van der Waals surface area contributed by atoms with Crippen molar-refractivity contribution in [3.8, 4) is 5.75 Å². The van der Waals surface area contributed by atoms with Crippen LogP contribution < -0.4 is 4.74 Å². The Morgan fingerprint density at radius 1 is 1.03 bits per heavy atom. The van der Waals surface area contributed by atoms with Crippen LogP contribution in [0.4, 0.5) is 4.39 Å². The van der Waals surface area contributed by atoms with Crippen LogP contribution in [0.2, 0.25) is 0 Å². The molecule has 0 spiro atoms. The second kappa shape index (κ2) is 10.4. The van der Waals surface area contributed by atoms with Crippen molar-refractivity contribution < 1.29 is 13.9 Å². The predicted octanol–water partition coefficient (Wildman–Crippen LogP) is 3.00. The second-order valence-electron chi connectivity index (χ2n) is 7.59. The molecule has 0 bridgehead atoms. The molecule has 6 heteroatoms. The van der Waals surface area contributed by atoms with Crippen molar-refractivity contribution in [1.82, 2.24) is 14.7 Å². The van der Waals surface area contributed by atoms with Gasteiger partial charge in [0.25, 0.3) is 0 Å². The number of carbonyl (C=O) groups is 1.